The molecular weight excluding hydrogens is 388 g/mol. The molecule has 0 spiro atoms. The van der Waals surface area contributed by atoms with Gasteiger partial charge in [0.05, 0.1) is 17.8 Å². The van der Waals surface area contributed by atoms with Gasteiger partial charge in [0.25, 0.3) is 0 Å². The highest BCUT2D eigenvalue weighted by Gasteiger charge is 2.12. The van der Waals surface area contributed by atoms with Gasteiger partial charge in [-0.3, -0.25) is 4.68 Å². The van der Waals surface area contributed by atoms with Crippen molar-refractivity contribution in [2.75, 3.05) is 7.11 Å². The molecule has 0 aliphatic carbocycles. The van der Waals surface area contributed by atoms with Gasteiger partial charge < -0.3 is 9.47 Å². The molecule has 0 bridgehead atoms. The summed E-state index contributed by atoms with van der Waals surface area (Å²) in [5, 5.41) is 5.00. The molecule has 4 nitrogen and oxygen atoms in total. The molecule has 0 unspecified atom stereocenters. The number of alkyl halides is 1. The monoisotopic (exact) mass is 402 g/mol. The van der Waals surface area contributed by atoms with E-state index in [-0.39, 0.29) is 0 Å². The number of aromatic nitrogens is 2. The Hall–Kier alpha value is -1.01. The number of halogens is 2. The van der Waals surface area contributed by atoms with Crippen molar-refractivity contribution in [1.29, 1.82) is 0 Å². The van der Waals surface area contributed by atoms with Crippen molar-refractivity contribution in [3.05, 3.63) is 40.1 Å². The van der Waals surface area contributed by atoms with Crippen molar-refractivity contribution in [3.8, 4) is 11.5 Å². The molecule has 0 fully saturated rings. The largest absolute Gasteiger partial charge is 0.493 e. The summed E-state index contributed by atoms with van der Waals surface area (Å²) in [4.78, 5) is 0. The van der Waals surface area contributed by atoms with E-state index in [9.17, 15) is 0 Å². The maximum atomic E-state index is 5.86. The molecule has 6 heteroatoms. The maximum absolute atomic E-state index is 5.86. The first-order valence-corrected chi connectivity index (χ1v) is 8.15. The maximum Gasteiger partial charge on any atom is 0.175 e. The number of benzene rings is 1. The van der Waals surface area contributed by atoms with Crippen LogP contribution in [0, 0.1) is 0 Å². The minimum absolute atomic E-state index is 0.461. The van der Waals surface area contributed by atoms with Gasteiger partial charge in [0, 0.05) is 23.6 Å². The summed E-state index contributed by atoms with van der Waals surface area (Å²) in [5.41, 5.74) is 2.16. The van der Waals surface area contributed by atoms with Gasteiger partial charge in [-0.05, 0) is 40.5 Å². The topological polar surface area (TPSA) is 36.3 Å². The van der Waals surface area contributed by atoms with E-state index in [1.807, 2.05) is 29.2 Å². The van der Waals surface area contributed by atoms with Gasteiger partial charge in [0.1, 0.15) is 6.61 Å². The van der Waals surface area contributed by atoms with Crippen LogP contribution in [0.4, 0.5) is 0 Å². The Labute approximate surface area is 135 Å². The zero-order valence-corrected chi connectivity index (χ0v) is 14.6. The Bertz CT molecular complexity index is 585. The van der Waals surface area contributed by atoms with E-state index in [0.717, 1.165) is 33.2 Å². The lowest BCUT2D eigenvalue weighted by Gasteiger charge is -2.13. The predicted molar refractivity (Wildman–Crippen MR) is 85.6 cm³/mol. The third-order valence-corrected chi connectivity index (χ3v) is 4.07. The summed E-state index contributed by atoms with van der Waals surface area (Å²) in [7, 11) is 1.64. The minimum atomic E-state index is 0.461. The van der Waals surface area contributed by atoms with Gasteiger partial charge in [-0.15, -0.1) is 0 Å². The van der Waals surface area contributed by atoms with Crippen molar-refractivity contribution >= 4 is 31.9 Å². The standard InChI is InChI=1S/C14H16Br2N2O2/c1-3-18-8-11(7-17-18)9-20-14-12(16)4-10(6-15)5-13(14)19-2/h4-5,7-8H,3,6,9H2,1-2H3. The fourth-order valence-electron chi connectivity index (χ4n) is 1.80. The number of ether oxygens (including phenoxy) is 2. The van der Waals surface area contributed by atoms with Gasteiger partial charge in [-0.25, -0.2) is 0 Å². The highest BCUT2D eigenvalue weighted by Crippen LogP contribution is 2.37. The molecule has 0 N–H and O–H groups in total. The second-order valence-electron chi connectivity index (χ2n) is 4.24. The van der Waals surface area contributed by atoms with Gasteiger partial charge in [0.15, 0.2) is 11.5 Å². The van der Waals surface area contributed by atoms with E-state index in [4.69, 9.17) is 9.47 Å². The zero-order chi connectivity index (χ0) is 14.5. The van der Waals surface area contributed by atoms with Crippen molar-refractivity contribution in [3.63, 3.8) is 0 Å². The molecule has 1 aromatic carbocycles. The van der Waals surface area contributed by atoms with Crippen molar-refractivity contribution < 1.29 is 9.47 Å². The fraction of sp³-hybridized carbons (Fsp3) is 0.357. The van der Waals surface area contributed by atoms with Crippen molar-refractivity contribution in [2.24, 2.45) is 0 Å². The lowest BCUT2D eigenvalue weighted by atomic mass is 10.2. The number of hydrogen-bond donors (Lipinski definition) is 0. The fourth-order valence-corrected chi connectivity index (χ4v) is 2.73. The lowest BCUT2D eigenvalue weighted by Crippen LogP contribution is -1.99. The Morgan fingerprint density at radius 3 is 2.70 bits per heavy atom. The first-order chi connectivity index (χ1) is 9.67. The summed E-state index contributed by atoms with van der Waals surface area (Å²) in [6.07, 6.45) is 3.80. The number of nitrogens with zero attached hydrogens (tertiary/aromatic N) is 2. The van der Waals surface area contributed by atoms with E-state index >= 15 is 0 Å². The highest BCUT2D eigenvalue weighted by atomic mass is 79.9. The first kappa shape index (κ1) is 15.4. The molecule has 1 heterocycles. The van der Waals surface area contributed by atoms with Crippen LogP contribution in [0.15, 0.2) is 29.0 Å². The average molecular weight is 404 g/mol. The van der Waals surface area contributed by atoms with Crippen LogP contribution in [0.2, 0.25) is 0 Å². The number of methoxy groups -OCH3 is 1. The second-order valence-corrected chi connectivity index (χ2v) is 5.65. The van der Waals surface area contributed by atoms with Crippen LogP contribution in [0.3, 0.4) is 0 Å². The summed E-state index contributed by atoms with van der Waals surface area (Å²) < 4.78 is 14.0. The SMILES string of the molecule is CCn1cc(COc2c(Br)cc(CBr)cc2OC)cn1. The smallest absolute Gasteiger partial charge is 0.175 e. The van der Waals surface area contributed by atoms with Crippen LogP contribution in [0.1, 0.15) is 18.1 Å². The molecule has 20 heavy (non-hydrogen) atoms. The molecule has 0 aliphatic rings. The molecule has 0 amide bonds. The molecule has 0 saturated carbocycles. The number of rotatable bonds is 6. The van der Waals surface area contributed by atoms with Crippen LogP contribution in [0.5, 0.6) is 11.5 Å². The Balaban J connectivity index is 2.16. The van der Waals surface area contributed by atoms with Crippen molar-refractivity contribution in [2.45, 2.75) is 25.4 Å². The van der Waals surface area contributed by atoms with Gasteiger partial charge >= 0.3 is 0 Å². The molecule has 2 aromatic rings. The number of hydrogen-bond acceptors (Lipinski definition) is 3. The third kappa shape index (κ3) is 3.55. The van der Waals surface area contributed by atoms with Crippen LogP contribution in [0.25, 0.3) is 0 Å². The minimum Gasteiger partial charge on any atom is -0.493 e. The average Bonchev–Trinajstić information content (AvgIpc) is 2.93. The molecule has 1 aromatic heterocycles. The Kier molecular flexibility index (Phi) is 5.48. The van der Waals surface area contributed by atoms with Gasteiger partial charge in [0.2, 0.25) is 0 Å². The predicted octanol–water partition coefficient (Wildman–Crippen LogP) is 4.15. The van der Waals surface area contributed by atoms with E-state index in [0.29, 0.717) is 12.4 Å². The highest BCUT2D eigenvalue weighted by molar-refractivity contribution is 9.10. The Morgan fingerprint density at radius 2 is 2.10 bits per heavy atom. The van der Waals surface area contributed by atoms with Gasteiger partial charge in [-0.1, -0.05) is 15.9 Å². The zero-order valence-electron chi connectivity index (χ0n) is 11.4. The van der Waals surface area contributed by atoms with Crippen LogP contribution < -0.4 is 9.47 Å². The van der Waals surface area contributed by atoms with E-state index in [1.165, 1.54) is 0 Å². The molecule has 0 aliphatic heterocycles. The molecule has 0 atom stereocenters. The van der Waals surface area contributed by atoms with E-state index in [1.54, 1.807) is 7.11 Å². The van der Waals surface area contributed by atoms with Crippen LogP contribution >= 0.6 is 31.9 Å². The summed E-state index contributed by atoms with van der Waals surface area (Å²) >= 11 is 6.96. The van der Waals surface area contributed by atoms with Gasteiger partial charge in [-0.2, -0.15) is 5.10 Å². The summed E-state index contributed by atoms with van der Waals surface area (Å²) in [6, 6.07) is 3.98. The molecule has 0 saturated heterocycles. The molecule has 0 radical (unpaired) electrons. The summed E-state index contributed by atoms with van der Waals surface area (Å²) in [6.45, 7) is 3.37. The van der Waals surface area contributed by atoms with E-state index < -0.39 is 0 Å². The molecular formula is C14H16Br2N2O2. The lowest BCUT2D eigenvalue weighted by molar-refractivity contribution is 0.282. The first-order valence-electron chi connectivity index (χ1n) is 6.24. The quantitative estimate of drug-likeness (QED) is 0.679. The van der Waals surface area contributed by atoms with Crippen LogP contribution in [-0.4, -0.2) is 16.9 Å². The summed E-state index contributed by atoms with van der Waals surface area (Å²) in [5.74, 6) is 1.43. The molecule has 2 rings (SSSR count). The van der Waals surface area contributed by atoms with Crippen molar-refractivity contribution in [1.82, 2.24) is 9.78 Å². The Morgan fingerprint density at radius 1 is 1.30 bits per heavy atom. The second kappa shape index (κ2) is 7.13. The van der Waals surface area contributed by atoms with E-state index in [2.05, 4.69) is 43.9 Å². The third-order valence-electron chi connectivity index (χ3n) is 2.84. The number of aryl methyl sites for hydroxylation is 1. The van der Waals surface area contributed by atoms with Crippen LogP contribution in [-0.2, 0) is 18.5 Å². The molecule has 108 valence electrons. The normalized spacial score (nSPS) is 10.6.